The molecule has 2 heterocycles. The fraction of sp³-hybridized carbons (Fsp3) is 0.217. The van der Waals surface area contributed by atoms with Crippen LogP contribution in [0.15, 0.2) is 200 Å². The van der Waals surface area contributed by atoms with Crippen molar-refractivity contribution in [1.82, 2.24) is 0 Å². The van der Waals surface area contributed by atoms with E-state index in [0.29, 0.717) is 0 Å². The molecule has 73 heavy (non-hydrogen) atoms. The van der Waals surface area contributed by atoms with E-state index in [-0.39, 0.29) is 28.4 Å². The average Bonchev–Trinajstić information content (AvgIpc) is 3.70. The Bertz CT molecular complexity index is 3610. The van der Waals surface area contributed by atoms with Gasteiger partial charge in [-0.15, -0.1) is 0 Å². The molecule has 0 fully saturated rings. The van der Waals surface area contributed by atoms with Crippen LogP contribution in [-0.2, 0) is 21.7 Å². The van der Waals surface area contributed by atoms with Gasteiger partial charge in [0, 0.05) is 45.5 Å². The van der Waals surface area contributed by atoms with E-state index in [1.807, 2.05) is 0 Å². The van der Waals surface area contributed by atoms with Crippen molar-refractivity contribution in [2.75, 3.05) is 14.7 Å². The molecule has 13 rings (SSSR count). The second-order valence-electron chi connectivity index (χ2n) is 24.1. The average molecular weight is 946 g/mol. The Labute approximate surface area is 433 Å². The van der Waals surface area contributed by atoms with Gasteiger partial charge in [-0.2, -0.15) is 0 Å². The van der Waals surface area contributed by atoms with Gasteiger partial charge < -0.3 is 14.7 Å². The molecule has 0 aromatic heterocycles. The summed E-state index contributed by atoms with van der Waals surface area (Å²) in [5, 5.41) is 0. The van der Waals surface area contributed by atoms with Gasteiger partial charge in [0.15, 0.2) is 0 Å². The second kappa shape index (κ2) is 16.2. The summed E-state index contributed by atoms with van der Waals surface area (Å²) in [6.45, 7) is 21.9. The maximum atomic E-state index is 2.68. The van der Waals surface area contributed by atoms with Gasteiger partial charge in [0.05, 0.1) is 5.69 Å². The lowest BCUT2D eigenvalue weighted by Gasteiger charge is -2.46. The van der Waals surface area contributed by atoms with Gasteiger partial charge in [0.2, 0.25) is 0 Å². The van der Waals surface area contributed by atoms with Crippen molar-refractivity contribution in [3.63, 3.8) is 0 Å². The van der Waals surface area contributed by atoms with Crippen molar-refractivity contribution in [3.8, 4) is 22.3 Å². The van der Waals surface area contributed by atoms with Crippen molar-refractivity contribution >= 4 is 74.3 Å². The highest BCUT2D eigenvalue weighted by molar-refractivity contribution is 7.00. The Morgan fingerprint density at radius 2 is 0.836 bits per heavy atom. The molecular weight excluding hydrogens is 882 g/mol. The third-order valence-corrected chi connectivity index (χ3v) is 17.1. The van der Waals surface area contributed by atoms with Crippen molar-refractivity contribution in [1.29, 1.82) is 0 Å². The lowest BCUT2D eigenvalue weighted by atomic mass is 9.33. The maximum Gasteiger partial charge on any atom is 0.252 e. The van der Waals surface area contributed by atoms with Crippen molar-refractivity contribution in [3.05, 3.63) is 228 Å². The first-order valence-electron chi connectivity index (χ1n) is 26.5. The lowest BCUT2D eigenvalue weighted by Crippen LogP contribution is -2.61. The summed E-state index contributed by atoms with van der Waals surface area (Å²) >= 11 is 0. The monoisotopic (exact) mass is 946 g/mol. The Morgan fingerprint density at radius 3 is 1.42 bits per heavy atom. The third kappa shape index (κ3) is 7.15. The van der Waals surface area contributed by atoms with Crippen molar-refractivity contribution in [2.45, 2.75) is 96.8 Å². The summed E-state index contributed by atoms with van der Waals surface area (Å²) in [4.78, 5) is 7.77. The molecule has 2 aliphatic heterocycles. The fourth-order valence-corrected chi connectivity index (χ4v) is 14.3. The molecule has 9 aromatic rings. The highest BCUT2D eigenvalue weighted by atomic mass is 15.2. The quantitative estimate of drug-likeness (QED) is 0.147. The van der Waals surface area contributed by atoms with E-state index < -0.39 is 0 Å². The molecule has 0 bridgehead atoms. The highest BCUT2D eigenvalue weighted by Gasteiger charge is 2.49. The molecule has 4 heteroatoms. The van der Waals surface area contributed by atoms with Gasteiger partial charge in [-0.1, -0.05) is 189 Å². The molecule has 0 saturated heterocycles. The first-order valence-corrected chi connectivity index (χ1v) is 26.5. The van der Waals surface area contributed by atoms with Gasteiger partial charge in [-0.25, -0.2) is 0 Å². The molecule has 0 atom stereocenters. The lowest BCUT2D eigenvalue weighted by molar-refractivity contribution is 0.403. The van der Waals surface area contributed by atoms with Crippen molar-refractivity contribution in [2.24, 2.45) is 0 Å². The number of benzene rings is 9. The molecular formula is C69H64BN3. The molecule has 3 nitrogen and oxygen atoms in total. The summed E-state index contributed by atoms with van der Waals surface area (Å²) < 4.78 is 0. The Balaban J connectivity index is 1.19. The summed E-state index contributed by atoms with van der Waals surface area (Å²) in [5.41, 5.74) is 26.7. The number of aryl methyl sites for hydroxylation is 1. The topological polar surface area (TPSA) is 9.72 Å². The number of rotatable bonds is 7. The molecule has 0 amide bonds. The number of fused-ring (bicyclic) bond motifs is 6. The number of hydrogen-bond acceptors (Lipinski definition) is 3. The normalized spacial score (nSPS) is 16.8. The van der Waals surface area contributed by atoms with Crippen LogP contribution in [0, 0.1) is 6.92 Å². The van der Waals surface area contributed by atoms with Crippen LogP contribution in [-0.4, -0.2) is 6.71 Å². The Hall–Kier alpha value is -7.56. The molecule has 4 aliphatic rings. The highest BCUT2D eigenvalue weighted by Crippen LogP contribution is 2.56. The largest absolute Gasteiger partial charge is 0.311 e. The van der Waals surface area contributed by atoms with E-state index in [0.717, 1.165) is 29.9 Å². The maximum absolute atomic E-state index is 2.68. The van der Waals surface area contributed by atoms with Crippen LogP contribution in [0.3, 0.4) is 0 Å². The van der Waals surface area contributed by atoms with Gasteiger partial charge >= 0.3 is 0 Å². The number of para-hydroxylation sites is 2. The van der Waals surface area contributed by atoms with Crippen LogP contribution in [0.5, 0.6) is 0 Å². The van der Waals surface area contributed by atoms with Gasteiger partial charge in [0.25, 0.3) is 6.71 Å². The first kappa shape index (κ1) is 45.3. The van der Waals surface area contributed by atoms with Crippen LogP contribution >= 0.6 is 0 Å². The zero-order valence-corrected chi connectivity index (χ0v) is 43.9. The van der Waals surface area contributed by atoms with E-state index in [9.17, 15) is 0 Å². The molecule has 0 spiro atoms. The summed E-state index contributed by atoms with van der Waals surface area (Å²) in [7, 11) is 0. The summed E-state index contributed by atoms with van der Waals surface area (Å²) in [6.07, 6.45) is 2.20. The van der Waals surface area contributed by atoms with Crippen LogP contribution in [0.2, 0.25) is 0 Å². The fourth-order valence-electron chi connectivity index (χ4n) is 14.3. The van der Waals surface area contributed by atoms with Crippen LogP contribution in [0.1, 0.15) is 96.0 Å². The second-order valence-corrected chi connectivity index (χ2v) is 24.1. The van der Waals surface area contributed by atoms with E-state index in [4.69, 9.17) is 0 Å². The van der Waals surface area contributed by atoms with E-state index in [1.54, 1.807) is 0 Å². The molecule has 0 N–H and O–H groups in total. The number of nitrogens with zero attached hydrogens (tertiary/aromatic N) is 3. The zero-order valence-electron chi connectivity index (χ0n) is 43.9. The van der Waals surface area contributed by atoms with E-state index in [1.165, 1.54) is 101 Å². The molecule has 0 unspecified atom stereocenters. The van der Waals surface area contributed by atoms with E-state index in [2.05, 4.69) is 277 Å². The van der Waals surface area contributed by atoms with Crippen LogP contribution in [0.25, 0.3) is 22.3 Å². The van der Waals surface area contributed by atoms with Gasteiger partial charge in [0.1, 0.15) is 0 Å². The summed E-state index contributed by atoms with van der Waals surface area (Å²) in [6, 6.07) is 75.9. The number of anilines is 9. The zero-order chi connectivity index (χ0) is 50.2. The molecule has 9 aromatic carbocycles. The van der Waals surface area contributed by atoms with Gasteiger partial charge in [-0.3, -0.25) is 0 Å². The Morgan fingerprint density at radius 1 is 0.356 bits per heavy atom. The Kier molecular flexibility index (Phi) is 10.1. The molecule has 0 radical (unpaired) electrons. The minimum Gasteiger partial charge on any atom is -0.311 e. The standard InChI is InChI=1S/C69H64BN3/c1-45-30-31-49(47-24-16-11-17-25-47)37-61(45)73-60-35-32-48(46-22-14-10-15-23-46)36-58(60)70-59-41-56-57(69(8,9)44-68(56,6)7)42-62(59)72(52-33-34-54-55(38-52)67(4,5)43-66(54,2)3)63-39-53(40-64(73)65(63)70)71(50-26-18-12-19-27-50)51-28-20-13-21-29-51/h10-42H,43-44H2,1-9H3. The number of hydrogen-bond donors (Lipinski definition) is 0. The van der Waals surface area contributed by atoms with Crippen molar-refractivity contribution < 1.29 is 0 Å². The first-order chi connectivity index (χ1) is 35.1. The minimum atomic E-state index is -0.0608. The predicted octanol–water partition coefficient (Wildman–Crippen LogP) is 16.8. The van der Waals surface area contributed by atoms with Crippen LogP contribution < -0.4 is 31.1 Å². The third-order valence-electron chi connectivity index (χ3n) is 17.1. The molecule has 0 saturated carbocycles. The SMILES string of the molecule is Cc1ccc(-c2ccccc2)cc1N1c2ccc(-c3ccccc3)cc2B2c3cc4c(cc3N(c3ccc5c(c3)C(C)(C)CC5(C)C)c3cc(N(c5ccccc5)c5ccccc5)cc1c32)C(C)(C)CC4(C)C. The van der Waals surface area contributed by atoms with Crippen LogP contribution in [0.4, 0.5) is 51.2 Å². The molecule has 358 valence electrons. The molecule has 2 aliphatic carbocycles. The predicted molar refractivity (Wildman–Crippen MR) is 312 cm³/mol. The van der Waals surface area contributed by atoms with E-state index >= 15 is 0 Å². The minimum absolute atomic E-state index is 0.00274. The summed E-state index contributed by atoms with van der Waals surface area (Å²) in [5.74, 6) is 0. The van der Waals surface area contributed by atoms with Gasteiger partial charge in [-0.05, 0) is 175 Å². The smallest absolute Gasteiger partial charge is 0.252 e.